The van der Waals surface area contributed by atoms with Crippen molar-refractivity contribution in [2.45, 2.75) is 11.1 Å². The second kappa shape index (κ2) is 7.48. The molecule has 1 aromatic heterocycles. The average Bonchev–Trinajstić information content (AvgIpc) is 3.12. The molecular weight excluding hydrogens is 377 g/mol. The van der Waals surface area contributed by atoms with E-state index in [4.69, 9.17) is 4.42 Å². The Labute approximate surface area is 157 Å². The highest BCUT2D eigenvalue weighted by Gasteiger charge is 2.30. The van der Waals surface area contributed by atoms with Crippen LogP contribution in [0.15, 0.2) is 57.8 Å². The molecule has 0 aliphatic carbocycles. The van der Waals surface area contributed by atoms with Crippen molar-refractivity contribution in [2.75, 3.05) is 13.3 Å². The van der Waals surface area contributed by atoms with Crippen LogP contribution in [0.1, 0.15) is 16.1 Å². The fraction of sp³-hybridized carbons (Fsp3) is 0.158. The molecule has 0 unspecified atom stereocenters. The summed E-state index contributed by atoms with van der Waals surface area (Å²) < 4.78 is 44.0. The summed E-state index contributed by atoms with van der Waals surface area (Å²) in [6.45, 7) is 0. The SMILES string of the molecule is CNC(=O)c1nc(-c2ccc(C(F)(F)F)cc2)oc1-c1cccc(SC)c1. The van der Waals surface area contributed by atoms with Gasteiger partial charge in [0.25, 0.3) is 5.91 Å². The van der Waals surface area contributed by atoms with Gasteiger partial charge in [-0.3, -0.25) is 4.79 Å². The molecular formula is C19H15F3N2O2S. The summed E-state index contributed by atoms with van der Waals surface area (Å²) in [6.07, 6.45) is -2.50. The van der Waals surface area contributed by atoms with Crippen LogP contribution in [0.3, 0.4) is 0 Å². The number of carbonyl (C=O) groups excluding carboxylic acids is 1. The van der Waals surface area contributed by atoms with Gasteiger partial charge in [-0.2, -0.15) is 13.2 Å². The number of hydrogen-bond acceptors (Lipinski definition) is 4. The van der Waals surface area contributed by atoms with E-state index >= 15 is 0 Å². The molecule has 1 N–H and O–H groups in total. The Balaban J connectivity index is 2.08. The van der Waals surface area contributed by atoms with Gasteiger partial charge in [0.2, 0.25) is 5.89 Å². The van der Waals surface area contributed by atoms with E-state index in [0.717, 1.165) is 17.0 Å². The molecule has 1 heterocycles. The fourth-order valence-corrected chi connectivity index (χ4v) is 2.94. The third-order valence-electron chi connectivity index (χ3n) is 3.86. The van der Waals surface area contributed by atoms with E-state index in [1.807, 2.05) is 24.5 Å². The first-order valence-corrected chi connectivity index (χ1v) is 9.11. The van der Waals surface area contributed by atoms with Crippen LogP contribution < -0.4 is 5.32 Å². The monoisotopic (exact) mass is 392 g/mol. The first-order valence-electron chi connectivity index (χ1n) is 7.88. The molecule has 4 nitrogen and oxygen atoms in total. The molecule has 0 aliphatic rings. The van der Waals surface area contributed by atoms with Gasteiger partial charge in [0, 0.05) is 23.1 Å². The molecule has 8 heteroatoms. The van der Waals surface area contributed by atoms with Crippen molar-refractivity contribution < 1.29 is 22.4 Å². The molecule has 0 fully saturated rings. The molecule has 1 amide bonds. The number of carbonyl (C=O) groups is 1. The maximum atomic E-state index is 12.7. The van der Waals surface area contributed by atoms with Crippen LogP contribution in [0.5, 0.6) is 0 Å². The predicted octanol–water partition coefficient (Wildman–Crippen LogP) is 5.11. The predicted molar refractivity (Wildman–Crippen MR) is 97.5 cm³/mol. The van der Waals surface area contributed by atoms with E-state index < -0.39 is 17.6 Å². The average molecular weight is 392 g/mol. The van der Waals surface area contributed by atoms with Gasteiger partial charge in [-0.15, -0.1) is 11.8 Å². The summed E-state index contributed by atoms with van der Waals surface area (Å²) in [5.74, 6) is -0.103. The third-order valence-corrected chi connectivity index (χ3v) is 4.59. The smallest absolute Gasteiger partial charge is 0.416 e. The van der Waals surface area contributed by atoms with Crippen molar-refractivity contribution >= 4 is 17.7 Å². The summed E-state index contributed by atoms with van der Waals surface area (Å²) >= 11 is 1.54. The summed E-state index contributed by atoms with van der Waals surface area (Å²) in [5.41, 5.74) is 0.314. The molecule has 0 bridgehead atoms. The molecule has 2 aromatic carbocycles. The van der Waals surface area contributed by atoms with E-state index in [1.54, 1.807) is 6.07 Å². The Kier molecular flexibility index (Phi) is 5.27. The third kappa shape index (κ3) is 4.00. The first kappa shape index (κ1) is 19.0. The number of nitrogens with one attached hydrogen (secondary N) is 1. The van der Waals surface area contributed by atoms with Crippen LogP contribution in [0.2, 0.25) is 0 Å². The lowest BCUT2D eigenvalue weighted by molar-refractivity contribution is -0.137. The second-order valence-electron chi connectivity index (χ2n) is 5.58. The summed E-state index contributed by atoms with van der Waals surface area (Å²) in [7, 11) is 1.47. The van der Waals surface area contributed by atoms with Gasteiger partial charge < -0.3 is 9.73 Å². The number of nitrogens with zero attached hydrogens (tertiary/aromatic N) is 1. The maximum Gasteiger partial charge on any atom is 0.416 e. The molecule has 140 valence electrons. The zero-order valence-corrected chi connectivity index (χ0v) is 15.2. The van der Waals surface area contributed by atoms with Crippen LogP contribution in [0.4, 0.5) is 13.2 Å². The molecule has 0 radical (unpaired) electrons. The van der Waals surface area contributed by atoms with Gasteiger partial charge in [0.15, 0.2) is 11.5 Å². The van der Waals surface area contributed by atoms with Gasteiger partial charge in [0.1, 0.15) is 0 Å². The summed E-state index contributed by atoms with van der Waals surface area (Å²) in [4.78, 5) is 17.4. The van der Waals surface area contributed by atoms with E-state index in [0.29, 0.717) is 11.1 Å². The maximum absolute atomic E-state index is 12.7. The minimum Gasteiger partial charge on any atom is -0.435 e. The number of halogens is 3. The van der Waals surface area contributed by atoms with Crippen LogP contribution in [-0.2, 0) is 6.18 Å². The molecule has 0 spiro atoms. The summed E-state index contributed by atoms with van der Waals surface area (Å²) in [5, 5.41) is 2.50. The lowest BCUT2D eigenvalue weighted by Gasteiger charge is -2.06. The molecule has 0 saturated carbocycles. The molecule has 0 saturated heterocycles. The van der Waals surface area contributed by atoms with Crippen molar-refractivity contribution in [1.29, 1.82) is 0 Å². The summed E-state index contributed by atoms with van der Waals surface area (Å²) in [6, 6.07) is 11.8. The minimum absolute atomic E-state index is 0.0747. The number of benzene rings is 2. The number of hydrogen-bond donors (Lipinski definition) is 1. The Hall–Kier alpha value is -2.74. The Bertz CT molecular complexity index is 966. The highest BCUT2D eigenvalue weighted by atomic mass is 32.2. The van der Waals surface area contributed by atoms with E-state index in [-0.39, 0.29) is 17.3 Å². The van der Waals surface area contributed by atoms with Gasteiger partial charge in [-0.25, -0.2) is 4.98 Å². The quantitative estimate of drug-likeness (QED) is 0.627. The van der Waals surface area contributed by atoms with Crippen LogP contribution in [-0.4, -0.2) is 24.2 Å². The van der Waals surface area contributed by atoms with Crippen LogP contribution in [0, 0.1) is 0 Å². The fourth-order valence-electron chi connectivity index (χ4n) is 2.48. The van der Waals surface area contributed by atoms with Crippen molar-refractivity contribution in [3.05, 3.63) is 59.8 Å². The van der Waals surface area contributed by atoms with Crippen molar-refractivity contribution in [2.24, 2.45) is 0 Å². The first-order chi connectivity index (χ1) is 12.8. The van der Waals surface area contributed by atoms with E-state index in [1.165, 1.54) is 30.9 Å². The zero-order chi connectivity index (χ0) is 19.6. The molecule has 27 heavy (non-hydrogen) atoms. The van der Waals surface area contributed by atoms with Gasteiger partial charge in [-0.1, -0.05) is 12.1 Å². The number of alkyl halides is 3. The number of oxazole rings is 1. The lowest BCUT2D eigenvalue weighted by atomic mass is 10.1. The van der Waals surface area contributed by atoms with Gasteiger partial charge in [0.05, 0.1) is 5.56 Å². The molecule has 0 aliphatic heterocycles. The van der Waals surface area contributed by atoms with Gasteiger partial charge >= 0.3 is 6.18 Å². The van der Waals surface area contributed by atoms with Crippen molar-refractivity contribution in [3.8, 4) is 22.8 Å². The van der Waals surface area contributed by atoms with Crippen molar-refractivity contribution in [1.82, 2.24) is 10.3 Å². The second-order valence-corrected chi connectivity index (χ2v) is 6.46. The number of amides is 1. The standard InChI is InChI=1S/C19H15F3N2O2S/c1-23-17(25)15-16(12-4-3-5-14(10-12)27-2)26-18(24-15)11-6-8-13(9-7-11)19(20,21)22/h3-10H,1-2H3,(H,23,25). The van der Waals surface area contributed by atoms with Gasteiger partial charge in [-0.05, 0) is 42.7 Å². The molecule has 3 rings (SSSR count). The highest BCUT2D eigenvalue weighted by molar-refractivity contribution is 7.98. The number of rotatable bonds is 4. The Morgan fingerprint density at radius 1 is 1.11 bits per heavy atom. The highest BCUT2D eigenvalue weighted by Crippen LogP contribution is 2.34. The largest absolute Gasteiger partial charge is 0.435 e. The van der Waals surface area contributed by atoms with E-state index in [9.17, 15) is 18.0 Å². The Morgan fingerprint density at radius 3 is 2.41 bits per heavy atom. The number of aromatic nitrogens is 1. The molecule has 0 atom stereocenters. The number of thioether (sulfide) groups is 1. The lowest BCUT2D eigenvalue weighted by Crippen LogP contribution is -2.19. The topological polar surface area (TPSA) is 55.1 Å². The normalized spacial score (nSPS) is 11.4. The van der Waals surface area contributed by atoms with Crippen molar-refractivity contribution in [3.63, 3.8) is 0 Å². The Morgan fingerprint density at radius 2 is 1.81 bits per heavy atom. The molecule has 3 aromatic rings. The minimum atomic E-state index is -4.42. The van der Waals surface area contributed by atoms with E-state index in [2.05, 4.69) is 10.3 Å². The van der Waals surface area contributed by atoms with Crippen LogP contribution >= 0.6 is 11.8 Å². The zero-order valence-electron chi connectivity index (χ0n) is 14.4. The van der Waals surface area contributed by atoms with Crippen LogP contribution in [0.25, 0.3) is 22.8 Å².